The maximum Gasteiger partial charge on any atom is 0.178 e. The molecule has 0 aliphatic heterocycles. The van der Waals surface area contributed by atoms with Crippen molar-refractivity contribution in [1.29, 1.82) is 0 Å². The van der Waals surface area contributed by atoms with Gasteiger partial charge in [0.1, 0.15) is 11.5 Å². The van der Waals surface area contributed by atoms with Crippen molar-refractivity contribution in [3.8, 4) is 5.75 Å². The third-order valence-electron chi connectivity index (χ3n) is 2.66. The second kappa shape index (κ2) is 6.54. The topological polar surface area (TPSA) is 60.4 Å². The van der Waals surface area contributed by atoms with E-state index >= 15 is 0 Å². The van der Waals surface area contributed by atoms with Crippen molar-refractivity contribution in [2.75, 3.05) is 12.9 Å². The zero-order valence-corrected chi connectivity index (χ0v) is 11.5. The lowest BCUT2D eigenvalue weighted by Crippen LogP contribution is -2.08. The van der Waals surface area contributed by atoms with Crippen LogP contribution in [0.4, 0.5) is 0 Å². The smallest absolute Gasteiger partial charge is 0.178 e. The Morgan fingerprint density at radius 1 is 1.33 bits per heavy atom. The van der Waals surface area contributed by atoms with Gasteiger partial charge in [-0.25, -0.2) is 8.42 Å². The molecule has 0 spiro atoms. The summed E-state index contributed by atoms with van der Waals surface area (Å²) in [7, 11) is -1.84. The third-order valence-corrected chi connectivity index (χ3v) is 4.46. The van der Waals surface area contributed by atoms with Gasteiger partial charge in [0.25, 0.3) is 0 Å². The number of ketones is 1. The SMILES string of the molecule is CCC(=O)CCCS(=O)(=O)c1cccc(OC)c1. The highest BCUT2D eigenvalue weighted by atomic mass is 32.2. The molecule has 1 rings (SSSR count). The minimum Gasteiger partial charge on any atom is -0.497 e. The van der Waals surface area contributed by atoms with Gasteiger partial charge < -0.3 is 4.74 Å². The Bertz CT molecular complexity index is 505. The number of methoxy groups -OCH3 is 1. The van der Waals surface area contributed by atoms with Gasteiger partial charge in [-0.15, -0.1) is 0 Å². The molecule has 1 aromatic rings. The summed E-state index contributed by atoms with van der Waals surface area (Å²) < 4.78 is 29.0. The number of carbonyl (C=O) groups excluding carboxylic acids is 1. The van der Waals surface area contributed by atoms with Crippen LogP contribution in [0.25, 0.3) is 0 Å². The van der Waals surface area contributed by atoms with E-state index in [1.54, 1.807) is 25.1 Å². The second-order valence-corrected chi connectivity index (χ2v) is 6.10. The van der Waals surface area contributed by atoms with Gasteiger partial charge in [-0.2, -0.15) is 0 Å². The molecule has 100 valence electrons. The highest BCUT2D eigenvalue weighted by Gasteiger charge is 2.15. The van der Waals surface area contributed by atoms with E-state index in [1.807, 2.05) is 0 Å². The number of carbonyl (C=O) groups is 1. The average Bonchev–Trinajstić information content (AvgIpc) is 2.38. The van der Waals surface area contributed by atoms with E-state index in [1.165, 1.54) is 13.2 Å². The van der Waals surface area contributed by atoms with Gasteiger partial charge in [-0.05, 0) is 24.6 Å². The van der Waals surface area contributed by atoms with Crippen molar-refractivity contribution in [1.82, 2.24) is 0 Å². The van der Waals surface area contributed by atoms with Gasteiger partial charge in [-0.1, -0.05) is 13.0 Å². The van der Waals surface area contributed by atoms with Crippen LogP contribution < -0.4 is 4.74 Å². The predicted molar refractivity (Wildman–Crippen MR) is 69.6 cm³/mol. The molecule has 5 heteroatoms. The van der Waals surface area contributed by atoms with Crippen molar-refractivity contribution < 1.29 is 17.9 Å². The molecule has 0 atom stereocenters. The van der Waals surface area contributed by atoms with Crippen LogP contribution in [-0.2, 0) is 14.6 Å². The molecule has 0 radical (unpaired) electrons. The number of hydrogen-bond donors (Lipinski definition) is 0. The van der Waals surface area contributed by atoms with Crippen molar-refractivity contribution in [3.05, 3.63) is 24.3 Å². The summed E-state index contributed by atoms with van der Waals surface area (Å²) in [5.74, 6) is 0.600. The zero-order chi connectivity index (χ0) is 13.6. The number of Topliss-reactive ketones (excluding diaryl/α,β-unsaturated/α-hetero) is 1. The summed E-state index contributed by atoms with van der Waals surface area (Å²) in [6.45, 7) is 1.78. The van der Waals surface area contributed by atoms with Crippen molar-refractivity contribution in [2.24, 2.45) is 0 Å². The van der Waals surface area contributed by atoms with Crippen molar-refractivity contribution in [2.45, 2.75) is 31.1 Å². The van der Waals surface area contributed by atoms with E-state index < -0.39 is 9.84 Å². The summed E-state index contributed by atoms with van der Waals surface area (Å²) in [5.41, 5.74) is 0. The van der Waals surface area contributed by atoms with E-state index in [0.29, 0.717) is 25.0 Å². The van der Waals surface area contributed by atoms with Gasteiger partial charge >= 0.3 is 0 Å². The van der Waals surface area contributed by atoms with Gasteiger partial charge in [0.15, 0.2) is 9.84 Å². The maximum absolute atomic E-state index is 12.0. The second-order valence-electron chi connectivity index (χ2n) is 3.99. The molecule has 0 saturated carbocycles. The lowest BCUT2D eigenvalue weighted by atomic mass is 10.2. The highest BCUT2D eigenvalue weighted by molar-refractivity contribution is 7.91. The molecule has 0 bridgehead atoms. The fourth-order valence-electron chi connectivity index (χ4n) is 1.55. The standard InChI is InChI=1S/C13H18O4S/c1-3-11(14)6-5-9-18(15,16)13-8-4-7-12(10-13)17-2/h4,7-8,10H,3,5-6,9H2,1-2H3. The Balaban J connectivity index is 2.71. The molecular formula is C13H18O4S. The number of rotatable bonds is 7. The first-order chi connectivity index (χ1) is 8.49. The molecule has 0 amide bonds. The largest absolute Gasteiger partial charge is 0.497 e. The molecule has 0 N–H and O–H groups in total. The molecule has 0 heterocycles. The Hall–Kier alpha value is -1.36. The Labute approximate surface area is 108 Å². The molecule has 0 aliphatic carbocycles. The van der Waals surface area contributed by atoms with E-state index in [4.69, 9.17) is 4.74 Å². The quantitative estimate of drug-likeness (QED) is 0.762. The highest BCUT2D eigenvalue weighted by Crippen LogP contribution is 2.19. The first-order valence-corrected chi connectivity index (χ1v) is 7.53. The lowest BCUT2D eigenvalue weighted by Gasteiger charge is -2.06. The fourth-order valence-corrected chi connectivity index (χ4v) is 2.89. The molecule has 1 aromatic carbocycles. The molecule has 0 aromatic heterocycles. The van der Waals surface area contributed by atoms with Crippen LogP contribution in [0, 0.1) is 0 Å². The molecule has 4 nitrogen and oxygen atoms in total. The Kier molecular flexibility index (Phi) is 5.34. The van der Waals surface area contributed by atoms with Crippen LogP contribution in [-0.4, -0.2) is 27.1 Å². The van der Waals surface area contributed by atoms with Gasteiger partial charge in [0.05, 0.1) is 17.8 Å². The number of sulfone groups is 1. The van der Waals surface area contributed by atoms with Gasteiger partial charge in [0, 0.05) is 12.8 Å². The van der Waals surface area contributed by atoms with E-state index in [-0.39, 0.29) is 16.4 Å². The Morgan fingerprint density at radius 3 is 2.67 bits per heavy atom. The van der Waals surface area contributed by atoms with Crippen LogP contribution in [0.15, 0.2) is 29.2 Å². The molecular weight excluding hydrogens is 252 g/mol. The minimum absolute atomic E-state index is 0.00803. The zero-order valence-electron chi connectivity index (χ0n) is 10.7. The van der Waals surface area contributed by atoms with Gasteiger partial charge in [-0.3, -0.25) is 4.79 Å². The fraction of sp³-hybridized carbons (Fsp3) is 0.462. The van der Waals surface area contributed by atoms with E-state index in [0.717, 1.165) is 0 Å². The number of hydrogen-bond acceptors (Lipinski definition) is 4. The summed E-state index contributed by atoms with van der Waals surface area (Å²) in [4.78, 5) is 11.4. The van der Waals surface area contributed by atoms with Gasteiger partial charge in [0.2, 0.25) is 0 Å². The normalized spacial score (nSPS) is 11.2. The van der Waals surface area contributed by atoms with Crippen LogP contribution in [0.5, 0.6) is 5.75 Å². The van der Waals surface area contributed by atoms with Crippen molar-refractivity contribution >= 4 is 15.6 Å². The van der Waals surface area contributed by atoms with E-state index in [2.05, 4.69) is 0 Å². The van der Waals surface area contributed by atoms with Crippen LogP contribution in [0.3, 0.4) is 0 Å². The first-order valence-electron chi connectivity index (χ1n) is 5.88. The minimum atomic E-state index is -3.33. The summed E-state index contributed by atoms with van der Waals surface area (Å²) in [6, 6.07) is 6.37. The first kappa shape index (κ1) is 14.7. The van der Waals surface area contributed by atoms with Crippen molar-refractivity contribution in [3.63, 3.8) is 0 Å². The number of ether oxygens (including phenoxy) is 1. The van der Waals surface area contributed by atoms with Crippen LogP contribution in [0.2, 0.25) is 0 Å². The molecule has 0 aliphatic rings. The lowest BCUT2D eigenvalue weighted by molar-refractivity contribution is -0.118. The predicted octanol–water partition coefficient (Wildman–Crippen LogP) is 2.23. The summed E-state index contributed by atoms with van der Waals surface area (Å²) in [5, 5.41) is 0. The number of benzene rings is 1. The summed E-state index contributed by atoms with van der Waals surface area (Å²) in [6.07, 6.45) is 1.14. The third kappa shape index (κ3) is 4.14. The van der Waals surface area contributed by atoms with E-state index in [9.17, 15) is 13.2 Å². The molecule has 0 saturated heterocycles. The maximum atomic E-state index is 12.0. The average molecular weight is 270 g/mol. The van der Waals surface area contributed by atoms with Crippen LogP contribution >= 0.6 is 0 Å². The Morgan fingerprint density at radius 2 is 2.06 bits per heavy atom. The van der Waals surface area contributed by atoms with Crippen LogP contribution in [0.1, 0.15) is 26.2 Å². The molecule has 0 unspecified atom stereocenters. The molecule has 0 fully saturated rings. The monoisotopic (exact) mass is 270 g/mol. The summed E-state index contributed by atoms with van der Waals surface area (Å²) >= 11 is 0. The molecule has 18 heavy (non-hydrogen) atoms.